The van der Waals surface area contributed by atoms with Crippen LogP contribution in [0.4, 0.5) is 0 Å². The molecule has 1 aromatic rings. The highest BCUT2D eigenvalue weighted by molar-refractivity contribution is 6.01. The third kappa shape index (κ3) is 3.39. The van der Waals surface area contributed by atoms with Gasteiger partial charge >= 0.3 is 5.97 Å². The second-order valence-electron chi connectivity index (χ2n) is 6.42. The zero-order valence-electron chi connectivity index (χ0n) is 13.7. The standard InChI is InChI=1S/C18H23NO4/c1-13-3-5-14(6-4-13)16-11-15(23-19-16)12-18(17(20)21-2)7-9-22-10-8-18/h3-6,15H,7-12H2,1-2H3. The Morgan fingerprint density at radius 2 is 2.00 bits per heavy atom. The van der Waals surface area contributed by atoms with E-state index in [9.17, 15) is 4.79 Å². The normalized spacial score (nSPS) is 23.0. The maximum Gasteiger partial charge on any atom is 0.312 e. The van der Waals surface area contributed by atoms with Crippen LogP contribution in [0.15, 0.2) is 29.4 Å². The topological polar surface area (TPSA) is 57.1 Å². The van der Waals surface area contributed by atoms with Gasteiger partial charge in [0.2, 0.25) is 0 Å². The second-order valence-corrected chi connectivity index (χ2v) is 6.42. The molecule has 0 N–H and O–H groups in total. The first kappa shape index (κ1) is 16.0. The summed E-state index contributed by atoms with van der Waals surface area (Å²) in [6.45, 7) is 3.24. The predicted molar refractivity (Wildman–Crippen MR) is 86.3 cm³/mol. The maximum atomic E-state index is 12.3. The van der Waals surface area contributed by atoms with Crippen molar-refractivity contribution in [1.29, 1.82) is 0 Å². The average molecular weight is 317 g/mol. The van der Waals surface area contributed by atoms with Gasteiger partial charge in [-0.2, -0.15) is 0 Å². The highest BCUT2D eigenvalue weighted by Gasteiger charge is 2.44. The van der Waals surface area contributed by atoms with Crippen LogP contribution < -0.4 is 0 Å². The summed E-state index contributed by atoms with van der Waals surface area (Å²) in [5.74, 6) is -0.159. The highest BCUT2D eigenvalue weighted by atomic mass is 16.6. The van der Waals surface area contributed by atoms with E-state index in [1.807, 2.05) is 0 Å². The summed E-state index contributed by atoms with van der Waals surface area (Å²) < 4.78 is 10.4. The van der Waals surface area contributed by atoms with Crippen molar-refractivity contribution in [3.05, 3.63) is 35.4 Å². The van der Waals surface area contributed by atoms with Gasteiger partial charge in [-0.05, 0) is 25.3 Å². The summed E-state index contributed by atoms with van der Waals surface area (Å²) in [7, 11) is 1.45. The van der Waals surface area contributed by atoms with E-state index >= 15 is 0 Å². The minimum atomic E-state index is -0.504. The summed E-state index contributed by atoms with van der Waals surface area (Å²) in [5, 5.41) is 4.23. The van der Waals surface area contributed by atoms with E-state index in [1.54, 1.807) is 0 Å². The van der Waals surface area contributed by atoms with Gasteiger partial charge in [-0.3, -0.25) is 4.79 Å². The molecule has 1 aromatic carbocycles. The van der Waals surface area contributed by atoms with Crippen LogP contribution in [0.5, 0.6) is 0 Å². The number of hydrogen-bond acceptors (Lipinski definition) is 5. The molecule has 0 radical (unpaired) electrons. The molecule has 2 aliphatic heterocycles. The first-order chi connectivity index (χ1) is 11.1. The van der Waals surface area contributed by atoms with E-state index < -0.39 is 5.41 Å². The lowest BCUT2D eigenvalue weighted by Gasteiger charge is -2.35. The number of benzene rings is 1. The summed E-state index contributed by atoms with van der Waals surface area (Å²) >= 11 is 0. The average Bonchev–Trinajstić information content (AvgIpc) is 3.04. The smallest absolute Gasteiger partial charge is 0.312 e. The number of aryl methyl sites for hydroxylation is 1. The third-order valence-corrected chi connectivity index (χ3v) is 4.80. The van der Waals surface area contributed by atoms with Crippen molar-refractivity contribution in [2.75, 3.05) is 20.3 Å². The van der Waals surface area contributed by atoms with Gasteiger partial charge in [0, 0.05) is 26.1 Å². The lowest BCUT2D eigenvalue weighted by atomic mass is 9.75. The van der Waals surface area contributed by atoms with Crippen molar-refractivity contribution in [2.24, 2.45) is 10.6 Å². The second kappa shape index (κ2) is 6.71. The Bertz CT molecular complexity index is 588. The zero-order chi connectivity index (χ0) is 16.3. The van der Waals surface area contributed by atoms with Crippen molar-refractivity contribution >= 4 is 11.7 Å². The van der Waals surface area contributed by atoms with Crippen molar-refractivity contribution in [3.8, 4) is 0 Å². The van der Waals surface area contributed by atoms with Gasteiger partial charge in [0.15, 0.2) is 0 Å². The molecule has 0 amide bonds. The molecule has 1 unspecified atom stereocenters. The van der Waals surface area contributed by atoms with E-state index in [0.29, 0.717) is 32.5 Å². The van der Waals surface area contributed by atoms with Crippen LogP contribution in [0.1, 0.15) is 36.8 Å². The summed E-state index contributed by atoms with van der Waals surface area (Å²) in [4.78, 5) is 17.9. The first-order valence-corrected chi connectivity index (χ1v) is 8.09. The molecule has 23 heavy (non-hydrogen) atoms. The molecule has 5 nitrogen and oxygen atoms in total. The SMILES string of the molecule is COC(=O)C1(CC2CC(c3ccc(C)cc3)=NO2)CCOCC1. The first-order valence-electron chi connectivity index (χ1n) is 8.09. The summed E-state index contributed by atoms with van der Waals surface area (Å²) in [6, 6.07) is 8.26. The summed E-state index contributed by atoms with van der Waals surface area (Å²) in [5.41, 5.74) is 2.74. The molecule has 1 fully saturated rings. The zero-order valence-corrected chi connectivity index (χ0v) is 13.7. The molecule has 0 spiro atoms. The number of oxime groups is 1. The molecule has 0 saturated carbocycles. The largest absolute Gasteiger partial charge is 0.469 e. The van der Waals surface area contributed by atoms with Crippen LogP contribution in [0.25, 0.3) is 0 Å². The lowest BCUT2D eigenvalue weighted by molar-refractivity contribution is -0.162. The highest BCUT2D eigenvalue weighted by Crippen LogP contribution is 2.39. The van der Waals surface area contributed by atoms with Crippen LogP contribution in [0.3, 0.4) is 0 Å². The number of carbonyl (C=O) groups is 1. The Morgan fingerprint density at radius 3 is 2.65 bits per heavy atom. The molecule has 2 heterocycles. The third-order valence-electron chi connectivity index (χ3n) is 4.80. The van der Waals surface area contributed by atoms with Crippen LogP contribution in [-0.2, 0) is 19.1 Å². The van der Waals surface area contributed by atoms with Gasteiger partial charge < -0.3 is 14.3 Å². The molecule has 2 aliphatic rings. The van der Waals surface area contributed by atoms with Gasteiger partial charge in [0.1, 0.15) is 6.10 Å². The minimum absolute atomic E-state index is 0.0801. The Kier molecular flexibility index (Phi) is 4.66. The number of methoxy groups -OCH3 is 1. The van der Waals surface area contributed by atoms with Crippen molar-refractivity contribution in [1.82, 2.24) is 0 Å². The Balaban J connectivity index is 1.67. The number of nitrogens with zero attached hydrogens (tertiary/aromatic N) is 1. The van der Waals surface area contributed by atoms with Crippen molar-refractivity contribution < 1.29 is 19.1 Å². The molecular formula is C18H23NO4. The number of carbonyl (C=O) groups excluding carboxylic acids is 1. The Hall–Kier alpha value is -1.88. The van der Waals surface area contributed by atoms with Crippen LogP contribution in [0.2, 0.25) is 0 Å². The molecule has 3 rings (SSSR count). The fourth-order valence-electron chi connectivity index (χ4n) is 3.36. The molecule has 0 bridgehead atoms. The van der Waals surface area contributed by atoms with E-state index in [0.717, 1.165) is 17.7 Å². The van der Waals surface area contributed by atoms with E-state index in [1.165, 1.54) is 12.7 Å². The number of rotatable bonds is 4. The minimum Gasteiger partial charge on any atom is -0.469 e. The summed E-state index contributed by atoms with van der Waals surface area (Å²) in [6.07, 6.45) is 2.63. The van der Waals surface area contributed by atoms with Crippen LogP contribution in [-0.4, -0.2) is 38.1 Å². The molecule has 1 saturated heterocycles. The van der Waals surface area contributed by atoms with E-state index in [-0.39, 0.29) is 12.1 Å². The van der Waals surface area contributed by atoms with Gasteiger partial charge in [-0.25, -0.2) is 0 Å². The van der Waals surface area contributed by atoms with Gasteiger partial charge in [-0.1, -0.05) is 35.0 Å². The van der Waals surface area contributed by atoms with Crippen molar-refractivity contribution in [3.63, 3.8) is 0 Å². The van der Waals surface area contributed by atoms with Crippen molar-refractivity contribution in [2.45, 2.75) is 38.7 Å². The Labute approximate surface area is 136 Å². The molecule has 0 aliphatic carbocycles. The van der Waals surface area contributed by atoms with E-state index in [4.69, 9.17) is 14.3 Å². The number of hydrogen-bond donors (Lipinski definition) is 0. The molecule has 0 aromatic heterocycles. The Morgan fingerprint density at radius 1 is 1.30 bits per heavy atom. The molecule has 1 atom stereocenters. The van der Waals surface area contributed by atoms with E-state index in [2.05, 4.69) is 36.3 Å². The van der Waals surface area contributed by atoms with Gasteiger partial charge in [-0.15, -0.1) is 0 Å². The quantitative estimate of drug-likeness (QED) is 0.801. The van der Waals surface area contributed by atoms with Crippen LogP contribution >= 0.6 is 0 Å². The number of esters is 1. The fourth-order valence-corrected chi connectivity index (χ4v) is 3.36. The number of ether oxygens (including phenoxy) is 2. The monoisotopic (exact) mass is 317 g/mol. The lowest BCUT2D eigenvalue weighted by Crippen LogP contribution is -2.41. The molecule has 5 heteroatoms. The van der Waals surface area contributed by atoms with Gasteiger partial charge in [0.25, 0.3) is 0 Å². The molecule has 124 valence electrons. The van der Waals surface area contributed by atoms with Gasteiger partial charge in [0.05, 0.1) is 18.2 Å². The fraction of sp³-hybridized carbons (Fsp3) is 0.556. The molecular weight excluding hydrogens is 294 g/mol. The maximum absolute atomic E-state index is 12.3. The predicted octanol–water partition coefficient (Wildman–Crippen LogP) is 2.85. The van der Waals surface area contributed by atoms with Crippen LogP contribution in [0, 0.1) is 12.3 Å².